The Balaban J connectivity index is 2.06. The van der Waals surface area contributed by atoms with Gasteiger partial charge in [-0.3, -0.25) is 9.59 Å². The summed E-state index contributed by atoms with van der Waals surface area (Å²) in [6.45, 7) is 7.13. The summed E-state index contributed by atoms with van der Waals surface area (Å²) < 4.78 is 26.6. The van der Waals surface area contributed by atoms with Crippen molar-refractivity contribution in [1.82, 2.24) is 10.6 Å². The number of nitrogens with zero attached hydrogens (tertiary/aromatic N) is 3. The van der Waals surface area contributed by atoms with Gasteiger partial charge in [-0.1, -0.05) is 40.4 Å². The molecule has 0 aliphatic carbocycles. The van der Waals surface area contributed by atoms with Crippen LogP contribution in [0.25, 0.3) is 10.4 Å². The summed E-state index contributed by atoms with van der Waals surface area (Å²) in [5, 5.41) is 9.48. The zero-order valence-electron chi connectivity index (χ0n) is 25.7. The molecule has 0 aliphatic heterocycles. The third-order valence-electron chi connectivity index (χ3n) is 5.84. The maximum atomic E-state index is 13.6. The summed E-state index contributed by atoms with van der Waals surface area (Å²) in [6, 6.07) is 9.82. The lowest BCUT2D eigenvalue weighted by Crippen LogP contribution is -2.50. The number of hydrogen-bond acceptors (Lipinski definition) is 9. The third kappa shape index (κ3) is 15.7. The van der Waals surface area contributed by atoms with Crippen LogP contribution in [-0.4, -0.2) is 76.3 Å². The molecule has 1 unspecified atom stereocenters. The number of amides is 2. The fraction of sp³-hybridized carbons (Fsp3) is 0.500. The summed E-state index contributed by atoms with van der Waals surface area (Å²) in [4.78, 5) is 41.1. The lowest BCUT2D eigenvalue weighted by molar-refractivity contribution is -0.141. The summed E-state index contributed by atoms with van der Waals surface area (Å²) in [5.74, 6) is -0.542. The second-order valence-corrected chi connectivity index (χ2v) is 11.5. The number of alkyl carbamates (subject to hydrolysis) is 1. The number of esters is 1. The number of carbonyl (C=O) groups excluding carboxylic acids is 3. The maximum Gasteiger partial charge on any atom is 0.408 e. The fourth-order valence-electron chi connectivity index (χ4n) is 3.86. The first-order valence-electron chi connectivity index (χ1n) is 14.1. The van der Waals surface area contributed by atoms with Crippen molar-refractivity contribution in [3.8, 4) is 5.75 Å². The van der Waals surface area contributed by atoms with Gasteiger partial charge in [0.1, 0.15) is 24.0 Å². The molecule has 0 aliphatic rings. The zero-order valence-corrected chi connectivity index (χ0v) is 27.2. The molecule has 246 valence electrons. The Hall–Kier alpha value is -3.74. The number of nitrogens with one attached hydrogen (secondary N) is 2. The van der Waals surface area contributed by atoms with Gasteiger partial charge in [0.2, 0.25) is 5.91 Å². The van der Waals surface area contributed by atoms with E-state index in [1.54, 1.807) is 57.2 Å². The molecule has 2 N–H and O–H groups in total. The van der Waals surface area contributed by atoms with Crippen LogP contribution in [0, 0.1) is 0 Å². The molecule has 2 atom stereocenters. The minimum atomic E-state index is -1.07. The predicted octanol–water partition coefficient (Wildman–Crippen LogP) is 5.57. The monoisotopic (exact) mass is 667 g/mol. The van der Waals surface area contributed by atoms with Crippen LogP contribution in [0.5, 0.6) is 5.75 Å². The summed E-state index contributed by atoms with van der Waals surface area (Å²) in [6.07, 6.45) is -0.868. The Labute approximate surface area is 272 Å². The smallest absolute Gasteiger partial charge is 0.408 e. The van der Waals surface area contributed by atoms with Crippen molar-refractivity contribution in [3.63, 3.8) is 0 Å². The predicted molar refractivity (Wildman–Crippen MR) is 168 cm³/mol. The van der Waals surface area contributed by atoms with Crippen molar-refractivity contribution < 1.29 is 38.1 Å². The first-order valence-corrected chi connectivity index (χ1v) is 14.9. The first-order chi connectivity index (χ1) is 21.4. The van der Waals surface area contributed by atoms with Gasteiger partial charge in [0.15, 0.2) is 0 Å². The zero-order chi connectivity index (χ0) is 33.2. The summed E-state index contributed by atoms with van der Waals surface area (Å²) >= 11 is 12.3. The van der Waals surface area contributed by atoms with Crippen LogP contribution in [0.15, 0.2) is 47.6 Å². The van der Waals surface area contributed by atoms with Crippen LogP contribution in [0.1, 0.15) is 44.4 Å². The minimum Gasteiger partial charge on any atom is -0.491 e. The second-order valence-electron chi connectivity index (χ2n) is 10.6. The lowest BCUT2D eigenvalue weighted by Gasteiger charge is -2.26. The van der Waals surface area contributed by atoms with Gasteiger partial charge in [0, 0.05) is 27.9 Å². The van der Waals surface area contributed by atoms with Gasteiger partial charge in [-0.05, 0) is 67.8 Å². The largest absolute Gasteiger partial charge is 0.491 e. The number of rotatable bonds is 18. The molecule has 45 heavy (non-hydrogen) atoms. The van der Waals surface area contributed by atoms with Crippen LogP contribution in [-0.2, 0) is 35.0 Å². The van der Waals surface area contributed by atoms with E-state index in [-0.39, 0.29) is 19.4 Å². The SMILES string of the molecule is COC(=O)CC(NC(=O)[C@H](Cc1ccc(OCCOCCOCCN=[N+]=[N-])cc1)NC(=O)OC(C)(C)C)c1cc(Cl)cc(Cl)c1. The number of hydrogen-bond donors (Lipinski definition) is 2. The van der Waals surface area contributed by atoms with E-state index in [1.165, 1.54) is 13.2 Å². The number of ether oxygens (including phenoxy) is 5. The Bertz CT molecular complexity index is 1280. The van der Waals surface area contributed by atoms with Crippen molar-refractivity contribution in [3.05, 3.63) is 74.1 Å². The van der Waals surface area contributed by atoms with Crippen LogP contribution >= 0.6 is 23.2 Å². The molecule has 0 saturated heterocycles. The molecule has 2 rings (SSSR count). The second kappa shape index (κ2) is 19.6. The minimum absolute atomic E-state index is 0.107. The van der Waals surface area contributed by atoms with E-state index in [1.807, 2.05) is 0 Å². The third-order valence-corrected chi connectivity index (χ3v) is 6.28. The number of carbonyl (C=O) groups is 3. The van der Waals surface area contributed by atoms with E-state index in [2.05, 4.69) is 20.7 Å². The average molecular weight is 669 g/mol. The molecule has 0 saturated carbocycles. The Morgan fingerprint density at radius 3 is 2.16 bits per heavy atom. The molecular weight excluding hydrogens is 629 g/mol. The summed E-state index contributed by atoms with van der Waals surface area (Å²) in [7, 11) is 1.24. The van der Waals surface area contributed by atoms with Crippen molar-refractivity contribution in [1.29, 1.82) is 0 Å². The Morgan fingerprint density at radius 1 is 0.933 bits per heavy atom. The Kier molecular flexibility index (Phi) is 16.3. The van der Waals surface area contributed by atoms with Crippen LogP contribution < -0.4 is 15.4 Å². The molecule has 2 aromatic rings. The van der Waals surface area contributed by atoms with E-state index < -0.39 is 35.7 Å². The molecule has 2 aromatic carbocycles. The maximum absolute atomic E-state index is 13.6. The van der Waals surface area contributed by atoms with Gasteiger partial charge in [0.25, 0.3) is 0 Å². The number of halogens is 2. The van der Waals surface area contributed by atoms with Gasteiger partial charge in [-0.25, -0.2) is 4.79 Å². The molecular formula is C30H39Cl2N5O8. The molecule has 0 heterocycles. The van der Waals surface area contributed by atoms with E-state index >= 15 is 0 Å². The topological polar surface area (TPSA) is 170 Å². The normalized spacial score (nSPS) is 12.3. The van der Waals surface area contributed by atoms with E-state index in [4.69, 9.17) is 52.4 Å². The first kappa shape index (κ1) is 37.4. The highest BCUT2D eigenvalue weighted by Gasteiger charge is 2.28. The average Bonchev–Trinajstić information content (AvgIpc) is 2.96. The van der Waals surface area contributed by atoms with Gasteiger partial charge >= 0.3 is 12.1 Å². The highest BCUT2D eigenvalue weighted by Crippen LogP contribution is 2.26. The highest BCUT2D eigenvalue weighted by molar-refractivity contribution is 6.34. The summed E-state index contributed by atoms with van der Waals surface area (Å²) in [5.41, 5.74) is 8.64. The molecule has 0 bridgehead atoms. The highest BCUT2D eigenvalue weighted by atomic mass is 35.5. The number of methoxy groups -OCH3 is 1. The number of benzene rings is 2. The number of azide groups is 1. The van der Waals surface area contributed by atoms with E-state index in [0.717, 1.165) is 5.56 Å². The van der Waals surface area contributed by atoms with Crippen LogP contribution in [0.4, 0.5) is 4.79 Å². The standard InChI is InChI=1S/C30H39Cl2N5O8/c1-30(2,3)45-29(40)36-26(28(39)35-25(19-27(38)41-4)21-16-22(31)18-23(32)17-21)15-20-5-7-24(8-6-20)44-14-13-43-12-11-42-10-9-34-37-33/h5-8,16-18,25-26H,9-15,19H2,1-4H3,(H,35,39)(H,36,40)/t25?,26-/m0/s1. The Morgan fingerprint density at radius 2 is 1.56 bits per heavy atom. The molecule has 2 amide bonds. The van der Waals surface area contributed by atoms with Crippen molar-refractivity contribution in [2.45, 2.75) is 51.3 Å². The molecule has 13 nitrogen and oxygen atoms in total. The van der Waals surface area contributed by atoms with Gasteiger partial charge in [-0.2, -0.15) is 0 Å². The quantitative estimate of drug-likeness (QED) is 0.0683. The fourth-order valence-corrected chi connectivity index (χ4v) is 4.40. The van der Waals surface area contributed by atoms with Gasteiger partial charge < -0.3 is 34.3 Å². The van der Waals surface area contributed by atoms with Gasteiger partial charge in [0.05, 0.1) is 46.0 Å². The van der Waals surface area contributed by atoms with E-state index in [0.29, 0.717) is 54.4 Å². The molecule has 0 fully saturated rings. The molecule has 0 aromatic heterocycles. The van der Waals surface area contributed by atoms with Crippen molar-refractivity contribution >= 4 is 41.2 Å². The van der Waals surface area contributed by atoms with Crippen molar-refractivity contribution in [2.24, 2.45) is 5.11 Å². The van der Waals surface area contributed by atoms with Crippen LogP contribution in [0.2, 0.25) is 10.0 Å². The lowest BCUT2D eigenvalue weighted by atomic mass is 10.0. The molecule has 15 heteroatoms. The van der Waals surface area contributed by atoms with E-state index in [9.17, 15) is 14.4 Å². The van der Waals surface area contributed by atoms with Crippen LogP contribution in [0.3, 0.4) is 0 Å². The molecule has 0 radical (unpaired) electrons. The van der Waals surface area contributed by atoms with Crippen molar-refractivity contribution in [2.75, 3.05) is 46.7 Å². The van der Waals surface area contributed by atoms with Gasteiger partial charge in [-0.15, -0.1) is 0 Å². The molecule has 0 spiro atoms.